The summed E-state index contributed by atoms with van der Waals surface area (Å²) in [6.45, 7) is 8.53. The molecule has 2 aliphatic rings. The molecule has 2 aliphatic heterocycles. The minimum Gasteiger partial charge on any atom is -0.369 e. The van der Waals surface area contributed by atoms with E-state index in [0.29, 0.717) is 11.6 Å². The first kappa shape index (κ1) is 20.8. The van der Waals surface area contributed by atoms with Gasteiger partial charge in [-0.25, -0.2) is 9.69 Å². The Balaban J connectivity index is 1.73. The summed E-state index contributed by atoms with van der Waals surface area (Å²) in [5.41, 5.74) is 4.45. The predicted molar refractivity (Wildman–Crippen MR) is 122 cm³/mol. The van der Waals surface area contributed by atoms with Gasteiger partial charge < -0.3 is 4.90 Å². The number of rotatable bonds is 2. The van der Waals surface area contributed by atoms with Crippen molar-refractivity contribution in [1.29, 1.82) is 0 Å². The second-order valence-electron chi connectivity index (χ2n) is 9.09. The van der Waals surface area contributed by atoms with E-state index in [9.17, 15) is 14.4 Å². The third-order valence-electron chi connectivity index (χ3n) is 6.33. The second kappa shape index (κ2) is 7.38. The van der Waals surface area contributed by atoms with Gasteiger partial charge >= 0.3 is 6.03 Å². The van der Waals surface area contributed by atoms with Gasteiger partial charge in [-0.3, -0.25) is 14.9 Å². The monoisotopic (exact) mass is 417 g/mol. The number of benzene rings is 2. The van der Waals surface area contributed by atoms with Crippen LogP contribution in [-0.2, 0) is 9.59 Å². The fourth-order valence-electron chi connectivity index (χ4n) is 4.51. The van der Waals surface area contributed by atoms with Gasteiger partial charge in [0.15, 0.2) is 0 Å². The van der Waals surface area contributed by atoms with Crippen LogP contribution in [0.1, 0.15) is 49.8 Å². The molecule has 1 saturated heterocycles. The molecule has 0 radical (unpaired) electrons. The van der Waals surface area contributed by atoms with Gasteiger partial charge in [-0.05, 0) is 80.1 Å². The summed E-state index contributed by atoms with van der Waals surface area (Å²) in [5.74, 6) is -0.952. The number of fused-ring (bicyclic) bond motifs is 1. The molecule has 0 spiro atoms. The van der Waals surface area contributed by atoms with E-state index in [2.05, 4.69) is 38.0 Å². The zero-order valence-corrected chi connectivity index (χ0v) is 18.5. The first-order valence-electron chi connectivity index (χ1n) is 10.4. The average molecular weight is 418 g/mol. The lowest BCUT2D eigenvalue weighted by molar-refractivity contribution is -0.122. The van der Waals surface area contributed by atoms with Crippen molar-refractivity contribution in [1.82, 2.24) is 5.32 Å². The van der Waals surface area contributed by atoms with Crippen LogP contribution in [0.2, 0.25) is 0 Å². The standard InChI is InChI=1S/C25H27N3O3/c1-15-7-6-8-18(11-15)28-23(30)20(22(29)26-24(28)31)13-17-9-10-21-19(12-17)16(2)14-25(3,4)27(21)5/h6-13,16H,14H2,1-5H3,(H,26,29,31)/b20-13+/t16-/m0/s1. The Labute approximate surface area is 182 Å². The van der Waals surface area contributed by atoms with Crippen molar-refractivity contribution in [3.05, 3.63) is 64.7 Å². The highest BCUT2D eigenvalue weighted by Gasteiger charge is 2.37. The van der Waals surface area contributed by atoms with Crippen molar-refractivity contribution in [2.24, 2.45) is 0 Å². The maximum atomic E-state index is 13.1. The van der Waals surface area contributed by atoms with Crippen LogP contribution in [0.15, 0.2) is 48.0 Å². The molecule has 6 nitrogen and oxygen atoms in total. The molecule has 31 heavy (non-hydrogen) atoms. The Morgan fingerprint density at radius 1 is 1.10 bits per heavy atom. The first-order chi connectivity index (χ1) is 14.6. The molecular weight excluding hydrogens is 390 g/mol. The second-order valence-corrected chi connectivity index (χ2v) is 9.09. The van der Waals surface area contributed by atoms with Crippen molar-refractivity contribution in [2.45, 2.75) is 45.6 Å². The molecule has 1 N–H and O–H groups in total. The average Bonchev–Trinajstić information content (AvgIpc) is 2.69. The Morgan fingerprint density at radius 3 is 2.55 bits per heavy atom. The minimum atomic E-state index is -0.735. The van der Waals surface area contributed by atoms with Crippen LogP contribution in [0, 0.1) is 6.92 Å². The Morgan fingerprint density at radius 2 is 1.84 bits per heavy atom. The number of hydrogen-bond acceptors (Lipinski definition) is 4. The summed E-state index contributed by atoms with van der Waals surface area (Å²) < 4.78 is 0. The van der Waals surface area contributed by atoms with Gasteiger partial charge in [0.1, 0.15) is 5.57 Å². The molecule has 0 bridgehead atoms. The molecule has 0 aromatic heterocycles. The summed E-state index contributed by atoms with van der Waals surface area (Å²) in [6.07, 6.45) is 2.57. The molecule has 4 amide bonds. The molecule has 4 rings (SSSR count). The number of carbonyl (C=O) groups excluding carboxylic acids is 3. The molecule has 6 heteroatoms. The van der Waals surface area contributed by atoms with Gasteiger partial charge in [0.25, 0.3) is 11.8 Å². The molecule has 2 aromatic carbocycles. The van der Waals surface area contributed by atoms with Crippen LogP contribution >= 0.6 is 0 Å². The number of hydrogen-bond donors (Lipinski definition) is 1. The third-order valence-corrected chi connectivity index (χ3v) is 6.33. The quantitative estimate of drug-likeness (QED) is 0.581. The van der Waals surface area contributed by atoms with Crippen molar-refractivity contribution in [3.8, 4) is 0 Å². The lowest BCUT2D eigenvalue weighted by Crippen LogP contribution is -2.54. The zero-order chi connectivity index (χ0) is 22.5. The van der Waals surface area contributed by atoms with E-state index in [-0.39, 0.29) is 11.1 Å². The van der Waals surface area contributed by atoms with Crippen molar-refractivity contribution in [3.63, 3.8) is 0 Å². The number of carbonyl (C=O) groups is 3. The summed E-state index contributed by atoms with van der Waals surface area (Å²) in [4.78, 5) is 41.3. The highest BCUT2D eigenvalue weighted by Crippen LogP contribution is 2.42. The number of nitrogens with zero attached hydrogens (tertiary/aromatic N) is 2. The van der Waals surface area contributed by atoms with Crippen LogP contribution < -0.4 is 15.1 Å². The number of aryl methyl sites for hydroxylation is 1. The highest BCUT2D eigenvalue weighted by molar-refractivity contribution is 6.39. The fraction of sp³-hybridized carbons (Fsp3) is 0.320. The van der Waals surface area contributed by atoms with Gasteiger partial charge in [-0.2, -0.15) is 0 Å². The van der Waals surface area contributed by atoms with Crippen molar-refractivity contribution in [2.75, 3.05) is 16.8 Å². The molecule has 2 aromatic rings. The van der Waals surface area contributed by atoms with E-state index in [1.165, 1.54) is 5.56 Å². The molecule has 0 aliphatic carbocycles. The van der Waals surface area contributed by atoms with Gasteiger partial charge in [0.2, 0.25) is 0 Å². The maximum absolute atomic E-state index is 13.1. The summed E-state index contributed by atoms with van der Waals surface area (Å²) >= 11 is 0. The van der Waals surface area contributed by atoms with Gasteiger partial charge in [0.05, 0.1) is 5.69 Å². The van der Waals surface area contributed by atoms with Crippen LogP contribution in [0.4, 0.5) is 16.2 Å². The van der Waals surface area contributed by atoms with E-state index < -0.39 is 17.8 Å². The number of nitrogens with one attached hydrogen (secondary N) is 1. The van der Waals surface area contributed by atoms with E-state index in [4.69, 9.17) is 0 Å². The van der Waals surface area contributed by atoms with Crippen LogP contribution in [-0.4, -0.2) is 30.4 Å². The van der Waals surface area contributed by atoms with Gasteiger partial charge in [-0.15, -0.1) is 0 Å². The molecule has 0 unspecified atom stereocenters. The van der Waals surface area contributed by atoms with E-state index in [0.717, 1.165) is 28.1 Å². The van der Waals surface area contributed by atoms with Crippen molar-refractivity contribution < 1.29 is 14.4 Å². The van der Waals surface area contributed by atoms with Crippen LogP contribution in [0.3, 0.4) is 0 Å². The lowest BCUT2D eigenvalue weighted by atomic mass is 9.80. The normalized spacial score (nSPS) is 21.9. The third kappa shape index (κ3) is 3.63. The highest BCUT2D eigenvalue weighted by atomic mass is 16.2. The molecule has 1 fully saturated rings. The smallest absolute Gasteiger partial charge is 0.335 e. The Hall–Kier alpha value is -3.41. The molecule has 0 saturated carbocycles. The fourth-order valence-corrected chi connectivity index (χ4v) is 4.51. The van der Waals surface area contributed by atoms with Gasteiger partial charge in [0, 0.05) is 18.3 Å². The summed E-state index contributed by atoms with van der Waals surface area (Å²) in [7, 11) is 2.09. The molecule has 2 heterocycles. The first-order valence-corrected chi connectivity index (χ1v) is 10.4. The largest absolute Gasteiger partial charge is 0.369 e. The number of anilines is 2. The van der Waals surface area contributed by atoms with E-state index in [1.54, 1.807) is 24.3 Å². The van der Waals surface area contributed by atoms with Crippen molar-refractivity contribution >= 4 is 35.3 Å². The van der Waals surface area contributed by atoms with E-state index >= 15 is 0 Å². The SMILES string of the molecule is Cc1cccc(N2C(=O)NC(=O)/C(=C\c3ccc4c(c3)[C@@H](C)CC(C)(C)N4C)C2=O)c1. The molecule has 1 atom stereocenters. The summed E-state index contributed by atoms with van der Waals surface area (Å²) in [6, 6.07) is 12.3. The van der Waals surface area contributed by atoms with E-state index in [1.807, 2.05) is 31.2 Å². The molecular formula is C25H27N3O3. The topological polar surface area (TPSA) is 69.7 Å². The Bertz CT molecular complexity index is 1130. The number of urea groups is 1. The Kier molecular flexibility index (Phi) is 4.96. The molecule has 160 valence electrons. The predicted octanol–water partition coefficient (Wildman–Crippen LogP) is 4.38. The number of barbiturate groups is 1. The maximum Gasteiger partial charge on any atom is 0.335 e. The van der Waals surface area contributed by atoms with Gasteiger partial charge in [-0.1, -0.05) is 25.1 Å². The zero-order valence-electron chi connectivity index (χ0n) is 18.5. The summed E-state index contributed by atoms with van der Waals surface area (Å²) in [5, 5.41) is 2.29. The minimum absolute atomic E-state index is 0.0559. The van der Waals surface area contributed by atoms with Crippen LogP contribution in [0.5, 0.6) is 0 Å². The lowest BCUT2D eigenvalue weighted by Gasteiger charge is -2.45. The van der Waals surface area contributed by atoms with Crippen LogP contribution in [0.25, 0.3) is 6.08 Å². The number of amides is 4. The number of imide groups is 2.